The molecule has 0 spiro atoms. The highest BCUT2D eigenvalue weighted by atomic mass is 79.9. The van der Waals surface area contributed by atoms with Crippen molar-refractivity contribution < 1.29 is 14.3 Å². The Hall–Kier alpha value is -0.870. The maximum atomic E-state index is 12.5. The van der Waals surface area contributed by atoms with E-state index in [4.69, 9.17) is 9.47 Å². The molecule has 0 amide bonds. The van der Waals surface area contributed by atoms with Crippen LogP contribution in [0.1, 0.15) is 30.9 Å². The molecule has 0 aliphatic carbocycles. The molecule has 1 fully saturated rings. The van der Waals surface area contributed by atoms with Crippen molar-refractivity contribution in [3.8, 4) is 5.75 Å². The lowest BCUT2D eigenvalue weighted by Gasteiger charge is -2.22. The van der Waals surface area contributed by atoms with Gasteiger partial charge >= 0.3 is 0 Å². The van der Waals surface area contributed by atoms with Gasteiger partial charge in [0.2, 0.25) is 0 Å². The molecule has 4 heteroatoms. The summed E-state index contributed by atoms with van der Waals surface area (Å²) in [5.74, 6) is 1.05. The summed E-state index contributed by atoms with van der Waals surface area (Å²) in [5.41, 5.74) is 1.56. The van der Waals surface area contributed by atoms with Gasteiger partial charge in [-0.2, -0.15) is 0 Å². The zero-order valence-electron chi connectivity index (χ0n) is 11.0. The molecule has 0 bridgehead atoms. The molecular weight excluding hydrogens is 308 g/mol. The van der Waals surface area contributed by atoms with Crippen LogP contribution in [0.3, 0.4) is 0 Å². The lowest BCUT2D eigenvalue weighted by atomic mass is 9.91. The maximum Gasteiger partial charge on any atom is 0.168 e. The second kappa shape index (κ2) is 4.91. The van der Waals surface area contributed by atoms with Crippen LogP contribution in [0.4, 0.5) is 0 Å². The van der Waals surface area contributed by atoms with Crippen molar-refractivity contribution in [2.45, 2.75) is 38.2 Å². The van der Waals surface area contributed by atoms with Crippen LogP contribution in [0, 0.1) is 0 Å². The summed E-state index contributed by atoms with van der Waals surface area (Å²) in [4.78, 5) is 12.5. The molecular formula is C15H17BrO3. The summed E-state index contributed by atoms with van der Waals surface area (Å²) in [6.07, 6.45) is 3.10. The van der Waals surface area contributed by atoms with Gasteiger partial charge in [-0.15, -0.1) is 0 Å². The second-order valence-electron chi connectivity index (χ2n) is 5.43. The molecule has 1 aromatic rings. The fraction of sp³-hybridized carbons (Fsp3) is 0.533. The van der Waals surface area contributed by atoms with Crippen molar-refractivity contribution in [1.29, 1.82) is 0 Å². The lowest BCUT2D eigenvalue weighted by Crippen LogP contribution is -2.35. The number of ether oxygens (including phenoxy) is 2. The Balaban J connectivity index is 1.86. The quantitative estimate of drug-likeness (QED) is 0.857. The molecule has 2 aliphatic heterocycles. The van der Waals surface area contributed by atoms with Gasteiger partial charge in [0.25, 0.3) is 0 Å². The first-order chi connectivity index (χ1) is 9.08. The van der Waals surface area contributed by atoms with Gasteiger partial charge in [-0.1, -0.05) is 15.9 Å². The third-order valence-electron chi connectivity index (χ3n) is 3.98. The minimum atomic E-state index is -0.603. The van der Waals surface area contributed by atoms with Gasteiger partial charge in [0.05, 0.1) is 6.61 Å². The largest absolute Gasteiger partial charge is 0.493 e. The van der Waals surface area contributed by atoms with Crippen LogP contribution < -0.4 is 4.74 Å². The van der Waals surface area contributed by atoms with E-state index in [-0.39, 0.29) is 5.78 Å². The van der Waals surface area contributed by atoms with E-state index >= 15 is 0 Å². The van der Waals surface area contributed by atoms with Gasteiger partial charge in [-0.3, -0.25) is 4.79 Å². The van der Waals surface area contributed by atoms with Gasteiger partial charge < -0.3 is 9.47 Å². The molecule has 1 saturated heterocycles. The zero-order chi connectivity index (χ0) is 13.5. The molecule has 2 aliphatic rings. The first kappa shape index (κ1) is 13.1. The molecule has 3 nitrogen and oxygen atoms in total. The number of halogens is 1. The number of hydrogen-bond acceptors (Lipinski definition) is 3. The number of carbonyl (C=O) groups excluding carboxylic acids is 1. The highest BCUT2D eigenvalue weighted by Gasteiger charge is 2.37. The Morgan fingerprint density at radius 2 is 2.26 bits per heavy atom. The lowest BCUT2D eigenvalue weighted by molar-refractivity contribution is -0.136. The van der Waals surface area contributed by atoms with Crippen molar-refractivity contribution in [3.63, 3.8) is 0 Å². The van der Waals surface area contributed by atoms with Crippen molar-refractivity contribution in [2.75, 3.05) is 13.2 Å². The van der Waals surface area contributed by atoms with Gasteiger partial charge in [-0.25, -0.2) is 0 Å². The number of fused-ring (bicyclic) bond motifs is 1. The molecule has 102 valence electrons. The zero-order valence-corrected chi connectivity index (χ0v) is 12.6. The summed E-state index contributed by atoms with van der Waals surface area (Å²) >= 11 is 3.50. The fourth-order valence-electron chi connectivity index (χ4n) is 2.84. The summed E-state index contributed by atoms with van der Waals surface area (Å²) in [6, 6.07) is 4.06. The van der Waals surface area contributed by atoms with Crippen LogP contribution in [0.15, 0.2) is 16.6 Å². The second-order valence-corrected chi connectivity index (χ2v) is 6.35. The smallest absolute Gasteiger partial charge is 0.168 e. The summed E-state index contributed by atoms with van der Waals surface area (Å²) in [5, 5.41) is 0. The van der Waals surface area contributed by atoms with Crippen LogP contribution in [-0.4, -0.2) is 24.6 Å². The van der Waals surface area contributed by atoms with E-state index in [1.165, 1.54) is 5.56 Å². The maximum absolute atomic E-state index is 12.5. The number of Topliss-reactive ketones (excluding diaryl/α,β-unsaturated/α-hetero) is 1. The fourth-order valence-corrected chi connectivity index (χ4v) is 3.39. The number of rotatable bonds is 3. The van der Waals surface area contributed by atoms with E-state index in [0.29, 0.717) is 19.6 Å². The van der Waals surface area contributed by atoms with E-state index in [1.54, 1.807) is 0 Å². The summed E-state index contributed by atoms with van der Waals surface area (Å²) in [7, 11) is 0. The van der Waals surface area contributed by atoms with Crippen LogP contribution in [0.5, 0.6) is 5.75 Å². The molecule has 0 radical (unpaired) electrons. The third-order valence-corrected chi connectivity index (χ3v) is 4.44. The molecule has 0 aromatic heterocycles. The first-order valence-corrected chi connectivity index (χ1v) is 7.49. The Kier molecular flexibility index (Phi) is 3.39. The number of ketones is 1. The van der Waals surface area contributed by atoms with E-state index < -0.39 is 5.60 Å². The Bertz CT molecular complexity index is 518. The van der Waals surface area contributed by atoms with Crippen molar-refractivity contribution in [3.05, 3.63) is 27.7 Å². The molecule has 1 atom stereocenters. The van der Waals surface area contributed by atoms with Gasteiger partial charge in [0.15, 0.2) is 5.78 Å². The molecule has 1 unspecified atom stereocenters. The van der Waals surface area contributed by atoms with Crippen LogP contribution in [0.25, 0.3) is 0 Å². The summed E-state index contributed by atoms with van der Waals surface area (Å²) < 4.78 is 12.3. The Labute approximate surface area is 121 Å². The monoisotopic (exact) mass is 324 g/mol. The molecule has 1 aromatic carbocycles. The molecule has 3 rings (SSSR count). The predicted octanol–water partition coefficient (Wildman–Crippen LogP) is 3.06. The normalized spacial score (nSPS) is 25.2. The number of benzene rings is 1. The molecule has 19 heavy (non-hydrogen) atoms. The first-order valence-electron chi connectivity index (χ1n) is 6.70. The highest BCUT2D eigenvalue weighted by molar-refractivity contribution is 9.10. The van der Waals surface area contributed by atoms with Gasteiger partial charge in [0.1, 0.15) is 11.4 Å². The van der Waals surface area contributed by atoms with Crippen molar-refractivity contribution >= 4 is 21.7 Å². The molecule has 0 N–H and O–H groups in total. The van der Waals surface area contributed by atoms with E-state index in [1.807, 2.05) is 13.0 Å². The van der Waals surface area contributed by atoms with Crippen LogP contribution in [-0.2, 0) is 22.4 Å². The van der Waals surface area contributed by atoms with Crippen LogP contribution in [0.2, 0.25) is 0 Å². The Morgan fingerprint density at radius 3 is 3.00 bits per heavy atom. The third kappa shape index (κ3) is 2.43. The molecule has 0 saturated carbocycles. The minimum Gasteiger partial charge on any atom is -0.493 e. The number of hydrogen-bond donors (Lipinski definition) is 0. The van der Waals surface area contributed by atoms with Crippen LogP contribution >= 0.6 is 15.9 Å². The van der Waals surface area contributed by atoms with E-state index in [9.17, 15) is 4.79 Å². The number of carbonyl (C=O) groups is 1. The Morgan fingerprint density at radius 1 is 1.42 bits per heavy atom. The van der Waals surface area contributed by atoms with E-state index in [2.05, 4.69) is 22.0 Å². The highest BCUT2D eigenvalue weighted by Crippen LogP contribution is 2.35. The van der Waals surface area contributed by atoms with Gasteiger partial charge in [0, 0.05) is 29.5 Å². The standard InChI is InChI=1S/C15H17BrO3/c1-15(4-2-5-19-15)13(17)9-11-8-12(16)7-10-3-6-18-14(10)11/h7-8H,2-6,9H2,1H3. The van der Waals surface area contributed by atoms with Gasteiger partial charge in [-0.05, 0) is 37.5 Å². The average Bonchev–Trinajstić information content (AvgIpc) is 2.98. The van der Waals surface area contributed by atoms with Crippen molar-refractivity contribution in [2.24, 2.45) is 0 Å². The average molecular weight is 325 g/mol. The van der Waals surface area contributed by atoms with E-state index in [0.717, 1.165) is 35.0 Å². The predicted molar refractivity (Wildman–Crippen MR) is 75.6 cm³/mol. The SMILES string of the molecule is CC1(C(=O)Cc2cc(Br)cc3c2OCC3)CCCO1. The minimum absolute atomic E-state index is 0.154. The topological polar surface area (TPSA) is 35.5 Å². The molecule has 2 heterocycles. The summed E-state index contributed by atoms with van der Waals surface area (Å²) in [6.45, 7) is 3.30. The van der Waals surface area contributed by atoms with Crippen molar-refractivity contribution in [1.82, 2.24) is 0 Å².